The normalized spacial score (nSPS) is 10.3. The fraction of sp³-hybridized carbons (Fsp3) is 0.308. The van der Waals surface area contributed by atoms with Gasteiger partial charge in [-0.2, -0.15) is 0 Å². The molecule has 0 unspecified atom stereocenters. The Kier molecular flexibility index (Phi) is 3.32. The number of aromatic nitrogens is 2. The Balaban J connectivity index is 2.29. The first-order chi connectivity index (χ1) is 8.24. The fourth-order valence-electron chi connectivity index (χ4n) is 1.74. The summed E-state index contributed by atoms with van der Waals surface area (Å²) in [4.78, 5) is 4.20. The number of hydrogen-bond acceptors (Lipinski definition) is 3. The van der Waals surface area contributed by atoms with Crippen molar-refractivity contribution in [2.24, 2.45) is 0 Å². The van der Waals surface area contributed by atoms with Crippen molar-refractivity contribution in [2.45, 2.75) is 13.5 Å². The number of rotatable bonds is 4. The molecule has 0 fully saturated rings. The van der Waals surface area contributed by atoms with Gasteiger partial charge < -0.3 is 14.0 Å². The summed E-state index contributed by atoms with van der Waals surface area (Å²) in [6, 6.07) is 5.84. The van der Waals surface area contributed by atoms with E-state index in [1.54, 1.807) is 20.4 Å². The highest BCUT2D eigenvalue weighted by molar-refractivity contribution is 5.40. The number of hydrogen-bond donors (Lipinski definition) is 0. The highest BCUT2D eigenvalue weighted by Crippen LogP contribution is 2.25. The highest BCUT2D eigenvalue weighted by Gasteiger charge is 2.06. The molecular formula is C13H16N2O2. The molecule has 0 N–H and O–H groups in total. The van der Waals surface area contributed by atoms with Gasteiger partial charge in [0.15, 0.2) is 0 Å². The highest BCUT2D eigenvalue weighted by atomic mass is 16.5. The second-order valence-electron chi connectivity index (χ2n) is 3.78. The van der Waals surface area contributed by atoms with E-state index >= 15 is 0 Å². The molecule has 1 aromatic heterocycles. The molecule has 0 aliphatic heterocycles. The van der Waals surface area contributed by atoms with Crippen LogP contribution in [0.5, 0.6) is 11.5 Å². The minimum Gasteiger partial charge on any atom is -0.497 e. The molecular weight excluding hydrogens is 216 g/mol. The van der Waals surface area contributed by atoms with Crippen LogP contribution in [-0.4, -0.2) is 23.8 Å². The second kappa shape index (κ2) is 4.91. The van der Waals surface area contributed by atoms with Crippen molar-refractivity contribution >= 4 is 0 Å². The second-order valence-corrected chi connectivity index (χ2v) is 3.78. The summed E-state index contributed by atoms with van der Waals surface area (Å²) in [6.07, 6.45) is 3.75. The van der Waals surface area contributed by atoms with Crippen LogP contribution in [0, 0.1) is 6.92 Å². The van der Waals surface area contributed by atoms with Gasteiger partial charge in [-0.05, 0) is 19.1 Å². The molecule has 0 aliphatic carbocycles. The van der Waals surface area contributed by atoms with Gasteiger partial charge in [0.1, 0.15) is 17.3 Å². The van der Waals surface area contributed by atoms with E-state index in [2.05, 4.69) is 9.55 Å². The molecule has 0 saturated heterocycles. The summed E-state index contributed by atoms with van der Waals surface area (Å²) in [6.45, 7) is 2.73. The van der Waals surface area contributed by atoms with Crippen LogP contribution in [0.4, 0.5) is 0 Å². The lowest BCUT2D eigenvalue weighted by molar-refractivity contribution is 0.390. The minimum atomic E-state index is 0.749. The zero-order valence-electron chi connectivity index (χ0n) is 10.3. The monoisotopic (exact) mass is 232 g/mol. The van der Waals surface area contributed by atoms with Gasteiger partial charge in [-0.25, -0.2) is 4.98 Å². The first-order valence-corrected chi connectivity index (χ1v) is 5.43. The van der Waals surface area contributed by atoms with Crippen LogP contribution in [-0.2, 0) is 6.54 Å². The first-order valence-electron chi connectivity index (χ1n) is 5.43. The summed E-state index contributed by atoms with van der Waals surface area (Å²) in [7, 11) is 3.31. The fourth-order valence-corrected chi connectivity index (χ4v) is 1.74. The van der Waals surface area contributed by atoms with Gasteiger partial charge in [0.25, 0.3) is 0 Å². The molecule has 0 atom stereocenters. The summed E-state index contributed by atoms with van der Waals surface area (Å²) in [5.41, 5.74) is 1.11. The van der Waals surface area contributed by atoms with Gasteiger partial charge in [-0.3, -0.25) is 0 Å². The van der Waals surface area contributed by atoms with Crippen LogP contribution >= 0.6 is 0 Å². The summed E-state index contributed by atoms with van der Waals surface area (Å²) >= 11 is 0. The number of methoxy groups -OCH3 is 2. The molecule has 0 amide bonds. The van der Waals surface area contributed by atoms with E-state index in [0.29, 0.717) is 0 Å². The maximum Gasteiger partial charge on any atom is 0.127 e. The number of benzene rings is 1. The van der Waals surface area contributed by atoms with E-state index in [0.717, 1.165) is 29.4 Å². The van der Waals surface area contributed by atoms with Crippen LogP contribution < -0.4 is 9.47 Å². The largest absolute Gasteiger partial charge is 0.497 e. The standard InChI is InChI=1S/C13H16N2O2/c1-10-14-6-7-15(10)9-11-4-5-12(16-2)8-13(11)17-3/h4-8H,9H2,1-3H3. The lowest BCUT2D eigenvalue weighted by atomic mass is 10.2. The van der Waals surface area contributed by atoms with Crippen molar-refractivity contribution in [3.8, 4) is 11.5 Å². The molecule has 0 radical (unpaired) electrons. The molecule has 4 nitrogen and oxygen atoms in total. The van der Waals surface area contributed by atoms with Crippen molar-refractivity contribution in [1.29, 1.82) is 0 Å². The molecule has 4 heteroatoms. The molecule has 2 aromatic rings. The van der Waals surface area contributed by atoms with Crippen LogP contribution in [0.1, 0.15) is 11.4 Å². The van der Waals surface area contributed by atoms with Crippen molar-refractivity contribution in [1.82, 2.24) is 9.55 Å². The minimum absolute atomic E-state index is 0.749. The van der Waals surface area contributed by atoms with E-state index in [-0.39, 0.29) is 0 Å². The number of nitrogens with zero attached hydrogens (tertiary/aromatic N) is 2. The molecule has 90 valence electrons. The SMILES string of the molecule is COc1ccc(Cn2ccnc2C)c(OC)c1. The summed E-state index contributed by atoms with van der Waals surface area (Å²) in [5.74, 6) is 2.62. The molecule has 0 bridgehead atoms. The van der Waals surface area contributed by atoms with E-state index in [1.807, 2.05) is 31.3 Å². The maximum atomic E-state index is 5.36. The molecule has 1 aromatic carbocycles. The Bertz CT molecular complexity index is 506. The average Bonchev–Trinajstić information content (AvgIpc) is 2.75. The van der Waals surface area contributed by atoms with Crippen molar-refractivity contribution in [2.75, 3.05) is 14.2 Å². The number of ether oxygens (including phenoxy) is 2. The molecule has 17 heavy (non-hydrogen) atoms. The van der Waals surface area contributed by atoms with E-state index < -0.39 is 0 Å². The van der Waals surface area contributed by atoms with E-state index in [4.69, 9.17) is 9.47 Å². The maximum absolute atomic E-state index is 5.36. The predicted molar refractivity (Wildman–Crippen MR) is 65.6 cm³/mol. The predicted octanol–water partition coefficient (Wildman–Crippen LogP) is 2.26. The van der Waals surface area contributed by atoms with Crippen LogP contribution in [0.2, 0.25) is 0 Å². The number of imidazole rings is 1. The Labute approximate surface area is 101 Å². The van der Waals surface area contributed by atoms with Crippen LogP contribution in [0.15, 0.2) is 30.6 Å². The van der Waals surface area contributed by atoms with Crippen molar-refractivity contribution in [3.05, 3.63) is 42.0 Å². The molecule has 1 heterocycles. The molecule has 0 saturated carbocycles. The topological polar surface area (TPSA) is 36.3 Å². The van der Waals surface area contributed by atoms with Crippen LogP contribution in [0.3, 0.4) is 0 Å². The van der Waals surface area contributed by atoms with E-state index in [9.17, 15) is 0 Å². The Morgan fingerprint density at radius 1 is 1.24 bits per heavy atom. The third-order valence-electron chi connectivity index (χ3n) is 2.76. The van der Waals surface area contributed by atoms with Gasteiger partial charge in [0.05, 0.1) is 20.8 Å². The Hall–Kier alpha value is -1.97. The Morgan fingerprint density at radius 3 is 2.65 bits per heavy atom. The van der Waals surface area contributed by atoms with Gasteiger partial charge in [-0.1, -0.05) is 0 Å². The third kappa shape index (κ3) is 2.41. The Morgan fingerprint density at radius 2 is 2.06 bits per heavy atom. The van der Waals surface area contributed by atoms with Gasteiger partial charge in [-0.15, -0.1) is 0 Å². The quantitative estimate of drug-likeness (QED) is 0.811. The summed E-state index contributed by atoms with van der Waals surface area (Å²) < 4.78 is 12.6. The smallest absolute Gasteiger partial charge is 0.127 e. The van der Waals surface area contributed by atoms with E-state index in [1.165, 1.54) is 0 Å². The molecule has 0 aliphatic rings. The van der Waals surface area contributed by atoms with Gasteiger partial charge in [0, 0.05) is 24.0 Å². The van der Waals surface area contributed by atoms with Crippen LogP contribution in [0.25, 0.3) is 0 Å². The average molecular weight is 232 g/mol. The van der Waals surface area contributed by atoms with Crippen molar-refractivity contribution < 1.29 is 9.47 Å². The first kappa shape index (κ1) is 11.5. The lowest BCUT2D eigenvalue weighted by Gasteiger charge is -2.11. The molecule has 0 spiro atoms. The number of aryl methyl sites for hydroxylation is 1. The lowest BCUT2D eigenvalue weighted by Crippen LogP contribution is -2.03. The van der Waals surface area contributed by atoms with Gasteiger partial charge in [0.2, 0.25) is 0 Å². The van der Waals surface area contributed by atoms with Gasteiger partial charge >= 0.3 is 0 Å². The zero-order valence-corrected chi connectivity index (χ0v) is 10.3. The van der Waals surface area contributed by atoms with Crippen molar-refractivity contribution in [3.63, 3.8) is 0 Å². The summed E-state index contributed by atoms with van der Waals surface area (Å²) in [5, 5.41) is 0. The molecule has 2 rings (SSSR count). The zero-order chi connectivity index (χ0) is 12.3. The third-order valence-corrected chi connectivity index (χ3v) is 2.76.